The van der Waals surface area contributed by atoms with Crippen molar-refractivity contribution in [3.8, 4) is 6.26 Å². The first-order valence-electron chi connectivity index (χ1n) is 7.46. The van der Waals surface area contributed by atoms with Crippen molar-refractivity contribution < 1.29 is 19.3 Å². The number of rotatable bonds is 5. The summed E-state index contributed by atoms with van der Waals surface area (Å²) >= 11 is 0. The van der Waals surface area contributed by atoms with Crippen LogP contribution in [0.4, 0.5) is 4.79 Å². The summed E-state index contributed by atoms with van der Waals surface area (Å²) in [5, 5.41) is 20.1. The normalized spacial score (nSPS) is 16.5. The van der Waals surface area contributed by atoms with Gasteiger partial charge in [0.05, 0.1) is 0 Å². The molecule has 0 bridgehead atoms. The van der Waals surface area contributed by atoms with Gasteiger partial charge in [0.15, 0.2) is 0 Å². The fraction of sp³-hybridized carbons (Fsp3) is 0.786. The molecule has 0 aliphatic carbocycles. The molecule has 0 aromatic carbocycles. The number of likely N-dealkylation sites (tertiary alicyclic amines) is 1. The number of nitriles is 1. The van der Waals surface area contributed by atoms with Crippen LogP contribution in [0.25, 0.3) is 0 Å². The van der Waals surface area contributed by atoms with Gasteiger partial charge in [0, 0.05) is 0 Å². The Bertz CT molecular complexity index is 434. The number of piperidine rings is 1. The van der Waals surface area contributed by atoms with E-state index in [1.54, 1.807) is 27.0 Å². The number of aliphatic hydroxyl groups is 1. The molecule has 7 nitrogen and oxygen atoms in total. The van der Waals surface area contributed by atoms with Crippen LogP contribution in [0.5, 0.6) is 0 Å². The van der Waals surface area contributed by atoms with Crippen LogP contribution in [0, 0.1) is 17.4 Å². The third kappa shape index (κ3) is 6.81. The Kier molecular flexibility index (Phi) is 7.19. The SMILES string of the molecule is CC(C)(C)OC(=O)NC(=BOC#N)N1CCC(CCO)CC1. The first kappa shape index (κ1) is 18.3. The molecule has 0 spiro atoms. The molecule has 1 saturated heterocycles. The van der Waals surface area contributed by atoms with E-state index >= 15 is 0 Å². The Balaban J connectivity index is 2.63. The Morgan fingerprint density at radius 1 is 1.45 bits per heavy atom. The Labute approximate surface area is 132 Å². The molecule has 1 rings (SSSR count). The number of hydrogen-bond acceptors (Lipinski definition) is 6. The van der Waals surface area contributed by atoms with Crippen molar-refractivity contribution in [2.24, 2.45) is 5.92 Å². The summed E-state index contributed by atoms with van der Waals surface area (Å²) in [4.78, 5) is 13.8. The third-order valence-electron chi connectivity index (χ3n) is 3.34. The maximum atomic E-state index is 11.9. The first-order valence-corrected chi connectivity index (χ1v) is 7.46. The topological polar surface area (TPSA) is 94.8 Å². The van der Waals surface area contributed by atoms with Crippen LogP contribution in [0.2, 0.25) is 0 Å². The van der Waals surface area contributed by atoms with Gasteiger partial charge in [-0.15, -0.1) is 0 Å². The van der Waals surface area contributed by atoms with E-state index in [-0.39, 0.29) is 6.61 Å². The molecule has 0 aromatic rings. The van der Waals surface area contributed by atoms with Gasteiger partial charge in [-0.05, 0) is 0 Å². The number of aliphatic hydroxyl groups excluding tert-OH is 1. The average Bonchev–Trinajstić information content (AvgIpc) is 2.43. The Hall–Kier alpha value is -1.75. The van der Waals surface area contributed by atoms with Crippen LogP contribution >= 0.6 is 0 Å². The van der Waals surface area contributed by atoms with Crippen LogP contribution in [-0.4, -0.2) is 54.2 Å². The van der Waals surface area contributed by atoms with Crippen LogP contribution < -0.4 is 5.32 Å². The molecule has 1 aliphatic rings. The van der Waals surface area contributed by atoms with Gasteiger partial charge in [0.2, 0.25) is 0 Å². The molecule has 2 N–H and O–H groups in total. The van der Waals surface area contributed by atoms with E-state index in [1.165, 1.54) is 7.12 Å². The Morgan fingerprint density at radius 3 is 2.59 bits per heavy atom. The summed E-state index contributed by atoms with van der Waals surface area (Å²) in [5.74, 6) is 0.487. The number of ether oxygens (including phenoxy) is 1. The summed E-state index contributed by atoms with van der Waals surface area (Å²) in [5.41, 5.74) is -0.183. The fourth-order valence-corrected chi connectivity index (χ4v) is 2.32. The van der Waals surface area contributed by atoms with Gasteiger partial charge in [0.1, 0.15) is 0 Å². The van der Waals surface area contributed by atoms with Crippen LogP contribution in [0.3, 0.4) is 0 Å². The minimum atomic E-state index is -0.598. The molecular weight excluding hydrogens is 285 g/mol. The molecule has 0 atom stereocenters. The predicted octanol–water partition coefficient (Wildman–Crippen LogP) is 0.810. The Morgan fingerprint density at radius 2 is 2.09 bits per heavy atom. The zero-order valence-corrected chi connectivity index (χ0v) is 13.5. The molecule has 8 heteroatoms. The second-order valence-corrected chi connectivity index (χ2v) is 6.28. The fourth-order valence-electron chi connectivity index (χ4n) is 2.32. The van der Waals surface area contributed by atoms with Gasteiger partial charge < -0.3 is 0 Å². The molecule has 0 unspecified atom stereocenters. The van der Waals surface area contributed by atoms with Gasteiger partial charge in [0.25, 0.3) is 0 Å². The summed E-state index contributed by atoms with van der Waals surface area (Å²) in [7, 11) is 1.22. The van der Waals surface area contributed by atoms with E-state index in [2.05, 4.69) is 9.97 Å². The van der Waals surface area contributed by atoms with E-state index in [4.69, 9.17) is 15.1 Å². The van der Waals surface area contributed by atoms with E-state index in [0.29, 0.717) is 11.6 Å². The molecule has 122 valence electrons. The van der Waals surface area contributed by atoms with E-state index in [9.17, 15) is 4.79 Å². The van der Waals surface area contributed by atoms with Gasteiger partial charge in [-0.25, -0.2) is 0 Å². The number of nitrogens with one attached hydrogen (secondary N) is 1. The summed E-state index contributed by atoms with van der Waals surface area (Å²) in [6.07, 6.45) is 3.60. The van der Waals surface area contributed by atoms with Gasteiger partial charge in [-0.1, -0.05) is 0 Å². The molecule has 0 saturated carbocycles. The van der Waals surface area contributed by atoms with Crippen molar-refractivity contribution in [2.75, 3.05) is 19.7 Å². The molecule has 1 aliphatic heterocycles. The monoisotopic (exact) mass is 309 g/mol. The number of carbonyl (C=O) groups excluding carboxylic acids is 1. The first-order chi connectivity index (χ1) is 10.4. The van der Waals surface area contributed by atoms with E-state index < -0.39 is 11.7 Å². The molecule has 1 amide bonds. The number of alkyl carbamates (subject to hydrolysis) is 1. The molecule has 1 fully saturated rings. The van der Waals surface area contributed by atoms with Gasteiger partial charge in [-0.2, -0.15) is 0 Å². The van der Waals surface area contributed by atoms with Crippen LogP contribution in [0.15, 0.2) is 0 Å². The minimum absolute atomic E-state index is 0.196. The van der Waals surface area contributed by atoms with Gasteiger partial charge >= 0.3 is 131 Å². The molecular formula is C14H24BN3O4. The average molecular weight is 309 g/mol. The third-order valence-corrected chi connectivity index (χ3v) is 3.34. The quantitative estimate of drug-likeness (QED) is 0.576. The van der Waals surface area contributed by atoms with Crippen molar-refractivity contribution in [2.45, 2.75) is 45.6 Å². The summed E-state index contributed by atoms with van der Waals surface area (Å²) in [6, 6.07) is 0. The van der Waals surface area contributed by atoms with Crippen molar-refractivity contribution in [3.63, 3.8) is 0 Å². The van der Waals surface area contributed by atoms with Crippen molar-refractivity contribution in [1.82, 2.24) is 10.2 Å². The summed E-state index contributed by atoms with van der Waals surface area (Å²) in [6.45, 7) is 6.98. The second-order valence-electron chi connectivity index (χ2n) is 6.28. The van der Waals surface area contributed by atoms with E-state index in [0.717, 1.165) is 32.4 Å². The number of nitrogens with zero attached hydrogens (tertiary/aromatic N) is 2. The van der Waals surface area contributed by atoms with Crippen molar-refractivity contribution >= 4 is 18.9 Å². The molecule has 22 heavy (non-hydrogen) atoms. The zero-order chi connectivity index (χ0) is 16.6. The van der Waals surface area contributed by atoms with E-state index in [1.807, 2.05) is 4.90 Å². The maximum absolute atomic E-state index is 11.9. The van der Waals surface area contributed by atoms with Crippen molar-refractivity contribution in [3.05, 3.63) is 0 Å². The summed E-state index contributed by atoms with van der Waals surface area (Å²) < 4.78 is 9.86. The number of amides is 1. The zero-order valence-electron chi connectivity index (χ0n) is 13.5. The van der Waals surface area contributed by atoms with Crippen molar-refractivity contribution in [1.29, 1.82) is 5.26 Å². The number of hydrogen-bond donors (Lipinski definition) is 2. The standard InChI is InChI=1S/C14H24BN3O4/c1-14(2,3)22-13(20)17-12(15-21-10-16)18-7-4-11(5-8-18)6-9-19/h11,19H,4-9H2,1-3H3,(H,17,20). The second kappa shape index (κ2) is 8.64. The number of carbonyl (C=O) groups is 1. The predicted molar refractivity (Wildman–Crippen MR) is 82.8 cm³/mol. The van der Waals surface area contributed by atoms with Gasteiger partial charge in [-0.3, -0.25) is 0 Å². The molecule has 1 heterocycles. The van der Waals surface area contributed by atoms with Crippen LogP contribution in [0.1, 0.15) is 40.0 Å². The molecule has 0 aromatic heterocycles. The molecule has 0 radical (unpaired) electrons. The van der Waals surface area contributed by atoms with Crippen LogP contribution in [-0.2, 0) is 9.39 Å².